The summed E-state index contributed by atoms with van der Waals surface area (Å²) in [5.41, 5.74) is 2.15. The van der Waals surface area contributed by atoms with Crippen LogP contribution in [0.2, 0.25) is 0 Å². The molecule has 0 amide bonds. The van der Waals surface area contributed by atoms with Crippen molar-refractivity contribution in [2.45, 2.75) is 6.42 Å². The molecule has 0 N–H and O–H groups in total. The smallest absolute Gasteiger partial charge is 0.175 e. The first-order valence-electron chi connectivity index (χ1n) is 5.84. The molecular weight excluding hydrogens is 226 g/mol. The second-order valence-corrected chi connectivity index (χ2v) is 4.38. The van der Waals surface area contributed by atoms with E-state index in [1.165, 1.54) is 6.20 Å². The van der Waals surface area contributed by atoms with E-state index in [0.717, 1.165) is 5.56 Å². The highest BCUT2D eigenvalue weighted by molar-refractivity contribution is 6.18. The number of ketones is 2. The monoisotopic (exact) mass is 237 g/mol. The fourth-order valence-corrected chi connectivity index (χ4v) is 2.36. The molecule has 0 saturated heterocycles. The van der Waals surface area contributed by atoms with Gasteiger partial charge in [0.05, 0.1) is 5.92 Å². The van der Waals surface area contributed by atoms with Gasteiger partial charge in [-0.15, -0.1) is 0 Å². The van der Waals surface area contributed by atoms with Gasteiger partial charge >= 0.3 is 0 Å². The maximum atomic E-state index is 12.3. The quantitative estimate of drug-likeness (QED) is 0.595. The maximum Gasteiger partial charge on any atom is 0.175 e. The third kappa shape index (κ3) is 1.64. The van der Waals surface area contributed by atoms with Gasteiger partial charge in [-0.25, -0.2) is 0 Å². The lowest BCUT2D eigenvalue weighted by Crippen LogP contribution is -2.20. The Hall–Kier alpha value is -2.29. The van der Waals surface area contributed by atoms with Crippen LogP contribution in [0.25, 0.3) is 0 Å². The SMILES string of the molecule is O=C(c1cccnc1)[C@@H]1Cc2ccccc2C1=O. The molecule has 88 valence electrons. The van der Waals surface area contributed by atoms with E-state index in [2.05, 4.69) is 4.98 Å². The van der Waals surface area contributed by atoms with Crippen molar-refractivity contribution in [3.05, 3.63) is 65.5 Å². The molecule has 1 aromatic heterocycles. The average Bonchev–Trinajstić information content (AvgIpc) is 2.77. The van der Waals surface area contributed by atoms with E-state index < -0.39 is 5.92 Å². The highest BCUT2D eigenvalue weighted by atomic mass is 16.2. The molecule has 1 heterocycles. The molecule has 1 aliphatic rings. The van der Waals surface area contributed by atoms with E-state index in [1.807, 2.05) is 18.2 Å². The number of aromatic nitrogens is 1. The first-order valence-corrected chi connectivity index (χ1v) is 5.84. The molecule has 3 heteroatoms. The predicted molar refractivity (Wildman–Crippen MR) is 66.5 cm³/mol. The lowest BCUT2D eigenvalue weighted by atomic mass is 9.95. The second kappa shape index (κ2) is 4.18. The number of carbonyl (C=O) groups excluding carboxylic acids is 2. The first kappa shape index (κ1) is 10.8. The van der Waals surface area contributed by atoms with Gasteiger partial charge in [0.1, 0.15) is 0 Å². The number of Topliss-reactive ketones (excluding diaryl/α,β-unsaturated/α-hetero) is 2. The molecule has 1 aliphatic carbocycles. The third-order valence-electron chi connectivity index (χ3n) is 3.29. The van der Waals surface area contributed by atoms with Crippen molar-refractivity contribution in [2.75, 3.05) is 0 Å². The van der Waals surface area contributed by atoms with Crippen LogP contribution in [0.1, 0.15) is 26.3 Å². The Labute approximate surface area is 104 Å². The van der Waals surface area contributed by atoms with Crippen LogP contribution in [0.3, 0.4) is 0 Å². The Bertz CT molecular complexity index is 619. The number of fused-ring (bicyclic) bond motifs is 1. The minimum Gasteiger partial charge on any atom is -0.293 e. The fraction of sp³-hybridized carbons (Fsp3) is 0.133. The molecular formula is C15H11NO2. The lowest BCUT2D eigenvalue weighted by molar-refractivity contribution is 0.0822. The van der Waals surface area contributed by atoms with Crippen LogP contribution in [0.4, 0.5) is 0 Å². The van der Waals surface area contributed by atoms with Crippen LogP contribution in [0, 0.1) is 5.92 Å². The van der Waals surface area contributed by atoms with Crippen molar-refractivity contribution in [2.24, 2.45) is 5.92 Å². The molecule has 0 radical (unpaired) electrons. The topological polar surface area (TPSA) is 47.0 Å². The Balaban J connectivity index is 1.94. The normalized spacial score (nSPS) is 17.6. The molecule has 0 bridgehead atoms. The van der Waals surface area contributed by atoms with Gasteiger partial charge in [0.25, 0.3) is 0 Å². The van der Waals surface area contributed by atoms with Gasteiger partial charge < -0.3 is 0 Å². The number of rotatable bonds is 2. The number of carbonyl (C=O) groups is 2. The summed E-state index contributed by atoms with van der Waals surface area (Å²) in [6.07, 6.45) is 3.63. The zero-order valence-corrected chi connectivity index (χ0v) is 9.67. The van der Waals surface area contributed by atoms with Crippen molar-refractivity contribution in [3.63, 3.8) is 0 Å². The summed E-state index contributed by atoms with van der Waals surface area (Å²) in [4.78, 5) is 28.4. The van der Waals surface area contributed by atoms with Gasteiger partial charge in [-0.05, 0) is 24.1 Å². The number of hydrogen-bond acceptors (Lipinski definition) is 3. The van der Waals surface area contributed by atoms with Crippen molar-refractivity contribution in [1.82, 2.24) is 4.98 Å². The van der Waals surface area contributed by atoms with Gasteiger partial charge in [0, 0.05) is 23.5 Å². The standard InChI is InChI=1S/C15H11NO2/c17-14(11-5-3-7-16-9-11)13-8-10-4-1-2-6-12(10)15(13)18/h1-7,9,13H,8H2/t13-/m0/s1. The average molecular weight is 237 g/mol. The van der Waals surface area contributed by atoms with Crippen LogP contribution < -0.4 is 0 Å². The molecule has 0 spiro atoms. The van der Waals surface area contributed by atoms with Gasteiger partial charge in [-0.3, -0.25) is 14.6 Å². The Morgan fingerprint density at radius 1 is 1.17 bits per heavy atom. The molecule has 3 rings (SSSR count). The molecule has 18 heavy (non-hydrogen) atoms. The molecule has 0 aliphatic heterocycles. The summed E-state index contributed by atoms with van der Waals surface area (Å²) in [6.45, 7) is 0. The van der Waals surface area contributed by atoms with Gasteiger partial charge in [0.15, 0.2) is 11.6 Å². The summed E-state index contributed by atoms with van der Waals surface area (Å²) in [5, 5.41) is 0. The van der Waals surface area contributed by atoms with Crippen molar-refractivity contribution < 1.29 is 9.59 Å². The molecule has 1 atom stereocenters. The van der Waals surface area contributed by atoms with E-state index in [9.17, 15) is 9.59 Å². The molecule has 0 unspecified atom stereocenters. The summed E-state index contributed by atoms with van der Waals surface area (Å²) >= 11 is 0. The predicted octanol–water partition coefficient (Wildman–Crippen LogP) is 2.32. The first-order chi connectivity index (χ1) is 8.77. The maximum absolute atomic E-state index is 12.3. The van der Waals surface area contributed by atoms with Crippen LogP contribution in [0.15, 0.2) is 48.8 Å². The van der Waals surface area contributed by atoms with Crippen molar-refractivity contribution in [1.29, 1.82) is 0 Å². The Morgan fingerprint density at radius 2 is 2.00 bits per heavy atom. The van der Waals surface area contributed by atoms with E-state index in [1.54, 1.807) is 24.4 Å². The van der Waals surface area contributed by atoms with E-state index in [4.69, 9.17) is 0 Å². The largest absolute Gasteiger partial charge is 0.293 e. The van der Waals surface area contributed by atoms with E-state index in [0.29, 0.717) is 17.5 Å². The number of nitrogens with zero attached hydrogens (tertiary/aromatic N) is 1. The van der Waals surface area contributed by atoms with Gasteiger partial charge in [-0.1, -0.05) is 24.3 Å². The Morgan fingerprint density at radius 3 is 2.72 bits per heavy atom. The van der Waals surface area contributed by atoms with Crippen LogP contribution in [-0.2, 0) is 6.42 Å². The summed E-state index contributed by atoms with van der Waals surface area (Å²) in [5.74, 6) is -0.782. The third-order valence-corrected chi connectivity index (χ3v) is 3.29. The molecule has 0 fully saturated rings. The highest BCUT2D eigenvalue weighted by Gasteiger charge is 2.35. The molecule has 3 nitrogen and oxygen atoms in total. The number of pyridine rings is 1. The summed E-state index contributed by atoms with van der Waals surface area (Å²) in [7, 11) is 0. The minimum absolute atomic E-state index is 0.0700. The summed E-state index contributed by atoms with van der Waals surface area (Å²) in [6, 6.07) is 10.8. The molecule has 1 aromatic carbocycles. The van der Waals surface area contributed by atoms with Crippen molar-refractivity contribution in [3.8, 4) is 0 Å². The second-order valence-electron chi connectivity index (χ2n) is 4.38. The van der Waals surface area contributed by atoms with Gasteiger partial charge in [0.2, 0.25) is 0 Å². The van der Waals surface area contributed by atoms with Crippen molar-refractivity contribution >= 4 is 11.6 Å². The molecule has 0 saturated carbocycles. The zero-order chi connectivity index (χ0) is 12.5. The van der Waals surface area contributed by atoms with E-state index in [-0.39, 0.29) is 11.6 Å². The lowest BCUT2D eigenvalue weighted by Gasteiger charge is -2.05. The highest BCUT2D eigenvalue weighted by Crippen LogP contribution is 2.28. The zero-order valence-electron chi connectivity index (χ0n) is 9.67. The Kier molecular flexibility index (Phi) is 2.52. The van der Waals surface area contributed by atoms with Crippen LogP contribution >= 0.6 is 0 Å². The number of hydrogen-bond donors (Lipinski definition) is 0. The van der Waals surface area contributed by atoms with Crippen LogP contribution in [-0.4, -0.2) is 16.6 Å². The van der Waals surface area contributed by atoms with Crippen LogP contribution in [0.5, 0.6) is 0 Å². The van der Waals surface area contributed by atoms with E-state index >= 15 is 0 Å². The summed E-state index contributed by atoms with van der Waals surface area (Å²) < 4.78 is 0. The van der Waals surface area contributed by atoms with Gasteiger partial charge in [-0.2, -0.15) is 0 Å². The molecule has 2 aromatic rings. The number of benzene rings is 1. The minimum atomic E-state index is -0.577. The fourth-order valence-electron chi connectivity index (χ4n) is 2.36.